The van der Waals surface area contributed by atoms with Crippen LogP contribution in [-0.2, 0) is 57.2 Å². The molecule has 0 N–H and O–H groups in total. The molecule has 5 saturated carbocycles. The highest BCUT2D eigenvalue weighted by atomic mass is 16.6. The third-order valence-electron chi connectivity index (χ3n) is 16.7. The molecule has 0 spiro atoms. The summed E-state index contributed by atoms with van der Waals surface area (Å²) in [6.07, 6.45) is 17.8. The monoisotopic (exact) mass is 946 g/mol. The van der Waals surface area contributed by atoms with E-state index < -0.39 is 22.9 Å². The van der Waals surface area contributed by atoms with Crippen molar-refractivity contribution in [3.05, 3.63) is 0 Å². The predicted molar refractivity (Wildman–Crippen MR) is 257 cm³/mol. The molecule has 0 aromatic rings. The Labute approximate surface area is 404 Å². The quantitative estimate of drug-likeness (QED) is 0.0817. The van der Waals surface area contributed by atoms with Gasteiger partial charge in [0, 0.05) is 19.3 Å². The summed E-state index contributed by atoms with van der Waals surface area (Å²) in [5.74, 6) is 1.74. The molecule has 5 aliphatic carbocycles. The van der Waals surface area contributed by atoms with Crippen LogP contribution in [0.5, 0.6) is 0 Å². The molecule has 384 valence electrons. The maximum atomic E-state index is 12.6. The molecule has 4 bridgehead atoms. The SMILES string of the molecule is CCC(C)(C)C(=O)OC1(CC)C2CC3CC(C2)CC1C3.CCC(C)(C)C(=O)OC1CCOC1=O.CCC(C)(C)C(=O)OCCN1C(=O)CCC1=O.CCC1(OC(=O)C(C)(C)CC)CCCCC1. The number of esters is 5. The third kappa shape index (κ3) is 15.0. The molecule has 2 heterocycles. The molecule has 13 nitrogen and oxygen atoms in total. The lowest BCUT2D eigenvalue weighted by molar-refractivity contribution is -0.218. The summed E-state index contributed by atoms with van der Waals surface area (Å²) >= 11 is 0. The predicted octanol–water partition coefficient (Wildman–Crippen LogP) is 11.0. The van der Waals surface area contributed by atoms with E-state index in [9.17, 15) is 33.6 Å². The Morgan fingerprint density at radius 1 is 0.597 bits per heavy atom. The van der Waals surface area contributed by atoms with Crippen LogP contribution in [0.4, 0.5) is 0 Å². The number of nitrogens with zero attached hydrogens (tertiary/aromatic N) is 1. The second-order valence-electron chi connectivity index (χ2n) is 22.9. The van der Waals surface area contributed by atoms with Gasteiger partial charge in [0.2, 0.25) is 17.9 Å². The van der Waals surface area contributed by atoms with Crippen LogP contribution in [0.1, 0.15) is 219 Å². The first-order valence-corrected chi connectivity index (χ1v) is 26.1. The Bertz CT molecular complexity index is 1660. The Kier molecular flexibility index (Phi) is 21.0. The number of rotatable bonds is 16. The molecule has 2 aliphatic heterocycles. The van der Waals surface area contributed by atoms with E-state index in [-0.39, 0.29) is 83.7 Å². The topological polar surface area (TPSA) is 169 Å². The molecular weight excluding hydrogens is 855 g/mol. The highest BCUT2D eigenvalue weighted by molar-refractivity contribution is 6.01. The normalized spacial score (nSPS) is 26.4. The highest BCUT2D eigenvalue weighted by Crippen LogP contribution is 2.61. The number of amides is 2. The molecular formula is C54H91NO12. The Morgan fingerprint density at radius 3 is 1.46 bits per heavy atom. The molecule has 0 radical (unpaired) electrons. The molecule has 13 heteroatoms. The maximum Gasteiger partial charge on any atom is 0.347 e. The second kappa shape index (κ2) is 24.4. The zero-order chi connectivity index (χ0) is 50.6. The summed E-state index contributed by atoms with van der Waals surface area (Å²) in [7, 11) is 0. The molecule has 67 heavy (non-hydrogen) atoms. The van der Waals surface area contributed by atoms with Gasteiger partial charge in [0.25, 0.3) is 0 Å². The van der Waals surface area contributed by atoms with Gasteiger partial charge in [-0.25, -0.2) is 4.79 Å². The summed E-state index contributed by atoms with van der Waals surface area (Å²) in [6.45, 7) is 28.1. The number of hydrogen-bond donors (Lipinski definition) is 0. The molecule has 7 fully saturated rings. The van der Waals surface area contributed by atoms with Gasteiger partial charge >= 0.3 is 29.8 Å². The lowest BCUT2D eigenvalue weighted by Gasteiger charge is -2.60. The van der Waals surface area contributed by atoms with Crippen molar-refractivity contribution in [1.29, 1.82) is 0 Å². The summed E-state index contributed by atoms with van der Waals surface area (Å²) in [6, 6.07) is 0. The molecule has 1 unspecified atom stereocenters. The second-order valence-corrected chi connectivity index (χ2v) is 22.9. The zero-order valence-corrected chi connectivity index (χ0v) is 44.3. The van der Waals surface area contributed by atoms with E-state index in [4.69, 9.17) is 23.7 Å². The van der Waals surface area contributed by atoms with Gasteiger partial charge in [-0.3, -0.25) is 33.7 Å². The van der Waals surface area contributed by atoms with Gasteiger partial charge in [0.05, 0.1) is 34.8 Å². The summed E-state index contributed by atoms with van der Waals surface area (Å²) in [4.78, 5) is 82.7. The van der Waals surface area contributed by atoms with Crippen LogP contribution in [0, 0.1) is 45.3 Å². The fourth-order valence-corrected chi connectivity index (χ4v) is 9.92. The van der Waals surface area contributed by atoms with Crippen molar-refractivity contribution >= 4 is 41.7 Å². The molecule has 0 aromatic carbocycles. The van der Waals surface area contributed by atoms with Crippen LogP contribution in [0.3, 0.4) is 0 Å². The smallest absolute Gasteiger partial charge is 0.347 e. The van der Waals surface area contributed by atoms with Crippen LogP contribution < -0.4 is 0 Å². The molecule has 0 aromatic heterocycles. The average molecular weight is 946 g/mol. The first-order valence-electron chi connectivity index (χ1n) is 26.1. The number of imide groups is 1. The van der Waals surface area contributed by atoms with E-state index in [0.29, 0.717) is 37.7 Å². The van der Waals surface area contributed by atoms with Gasteiger partial charge in [-0.1, -0.05) is 48.0 Å². The largest absolute Gasteiger partial charge is 0.463 e. The van der Waals surface area contributed by atoms with Gasteiger partial charge < -0.3 is 23.7 Å². The summed E-state index contributed by atoms with van der Waals surface area (Å²) in [5.41, 5.74) is -1.99. The minimum absolute atomic E-state index is 0.0150. The highest BCUT2D eigenvalue weighted by Gasteiger charge is 2.59. The van der Waals surface area contributed by atoms with Crippen LogP contribution in [0.15, 0.2) is 0 Å². The van der Waals surface area contributed by atoms with E-state index in [0.717, 1.165) is 55.3 Å². The van der Waals surface area contributed by atoms with Crippen LogP contribution >= 0.6 is 0 Å². The van der Waals surface area contributed by atoms with Crippen molar-refractivity contribution in [2.45, 2.75) is 236 Å². The number of ether oxygens (including phenoxy) is 5. The Balaban J connectivity index is 0.000000239. The van der Waals surface area contributed by atoms with Crippen molar-refractivity contribution < 1.29 is 57.2 Å². The first-order chi connectivity index (χ1) is 31.2. The average Bonchev–Trinajstić information content (AvgIpc) is 3.86. The number of cyclic esters (lactones) is 1. The van der Waals surface area contributed by atoms with Gasteiger partial charge in [-0.05, 0) is 175 Å². The van der Waals surface area contributed by atoms with Crippen LogP contribution in [0.25, 0.3) is 0 Å². The van der Waals surface area contributed by atoms with Crippen molar-refractivity contribution in [1.82, 2.24) is 4.90 Å². The minimum Gasteiger partial charge on any atom is -0.463 e. The lowest BCUT2D eigenvalue weighted by Crippen LogP contribution is -2.60. The van der Waals surface area contributed by atoms with Gasteiger partial charge in [0.1, 0.15) is 17.8 Å². The fourth-order valence-electron chi connectivity index (χ4n) is 9.92. The van der Waals surface area contributed by atoms with Gasteiger partial charge in [-0.2, -0.15) is 0 Å². The van der Waals surface area contributed by atoms with E-state index in [2.05, 4.69) is 20.8 Å². The molecule has 7 rings (SSSR count). The van der Waals surface area contributed by atoms with Crippen molar-refractivity contribution in [2.24, 2.45) is 45.3 Å². The number of carbonyl (C=O) groups excluding carboxylic acids is 7. The zero-order valence-electron chi connectivity index (χ0n) is 44.3. The van der Waals surface area contributed by atoms with E-state index in [1.54, 1.807) is 13.8 Å². The van der Waals surface area contributed by atoms with Crippen LogP contribution in [0.2, 0.25) is 0 Å². The first kappa shape index (κ1) is 57.8. The number of carbonyl (C=O) groups is 7. The summed E-state index contributed by atoms with van der Waals surface area (Å²) < 4.78 is 27.0. The van der Waals surface area contributed by atoms with Crippen molar-refractivity contribution in [3.8, 4) is 0 Å². The van der Waals surface area contributed by atoms with Crippen molar-refractivity contribution in [3.63, 3.8) is 0 Å². The molecule has 2 amide bonds. The Morgan fingerprint density at radius 2 is 1.04 bits per heavy atom. The molecule has 2 saturated heterocycles. The standard InChI is InChI=1S/C18H30O2.C14H26O2.C12H19NO4.C10H16O4/c1-5-17(3,4)16(19)20-18(6-2)14-8-12-7-13(10-14)11-15(18)9-12;1-5-13(3,4)12(15)16-14(6-2)10-8-7-9-11-14;1-4-12(2,3)11(16)17-8-7-13-9(14)5-6-10(13)15;1-4-10(2,3)9(12)14-7-5-6-13-8(7)11/h12-15H,5-11H2,1-4H3;5-11H2,1-4H3;4-8H2,1-3H3;7H,4-6H2,1-3H3. The van der Waals surface area contributed by atoms with E-state index in [1.807, 2.05) is 62.3 Å². The van der Waals surface area contributed by atoms with Gasteiger partial charge in [-0.15, -0.1) is 0 Å². The molecule has 7 aliphatic rings. The Hall–Kier alpha value is -3.51. The fraction of sp³-hybridized carbons (Fsp3) is 0.870. The lowest BCUT2D eigenvalue weighted by atomic mass is 9.49. The van der Waals surface area contributed by atoms with E-state index in [1.165, 1.54) is 51.4 Å². The number of likely N-dealkylation sites (tertiary alicyclic amines) is 1. The van der Waals surface area contributed by atoms with E-state index >= 15 is 0 Å². The maximum absolute atomic E-state index is 12.6. The van der Waals surface area contributed by atoms with Gasteiger partial charge in [0.15, 0.2) is 0 Å². The third-order valence-corrected chi connectivity index (χ3v) is 16.7. The molecule has 1 atom stereocenters. The minimum atomic E-state index is -0.687. The van der Waals surface area contributed by atoms with Crippen molar-refractivity contribution in [2.75, 3.05) is 19.8 Å². The van der Waals surface area contributed by atoms with Crippen LogP contribution in [-0.4, -0.2) is 83.6 Å². The number of hydrogen-bond acceptors (Lipinski definition) is 12. The summed E-state index contributed by atoms with van der Waals surface area (Å²) in [5, 5.41) is 0.